The highest BCUT2D eigenvalue weighted by atomic mass is 16.5. The van der Waals surface area contributed by atoms with Crippen LogP contribution >= 0.6 is 0 Å². The van der Waals surface area contributed by atoms with Crippen LogP contribution in [0, 0.1) is 5.71 Å². The average molecular weight is 537 g/mol. The average Bonchev–Trinajstić information content (AvgIpc) is 2.99. The Morgan fingerprint density at radius 1 is 0.750 bits per heavy atom. The number of aromatic nitrogens is 1. The number of benzene rings is 2. The zero-order chi connectivity index (χ0) is 28.5. The molecule has 0 fully saturated rings. The lowest BCUT2D eigenvalue weighted by molar-refractivity contribution is -0.515. The summed E-state index contributed by atoms with van der Waals surface area (Å²) in [5.41, 5.74) is 1.27. The Morgan fingerprint density at radius 3 is 1.82 bits per heavy atom. The van der Waals surface area contributed by atoms with Crippen molar-refractivity contribution in [3.05, 3.63) is 137 Å². The summed E-state index contributed by atoms with van der Waals surface area (Å²) < 4.78 is 11.7. The fraction of sp³-hybridized carbons (Fsp3) is 0.125. The molecule has 0 saturated carbocycles. The van der Waals surface area contributed by atoms with E-state index in [4.69, 9.17) is 9.47 Å². The quantitative estimate of drug-likeness (QED) is 0.109. The monoisotopic (exact) mass is 536 g/mol. The van der Waals surface area contributed by atoms with Gasteiger partial charge in [-0.3, -0.25) is 4.79 Å². The molecule has 202 valence electrons. The van der Waals surface area contributed by atoms with Crippen LogP contribution in [0.15, 0.2) is 115 Å². The van der Waals surface area contributed by atoms with E-state index in [1.54, 1.807) is 124 Å². The van der Waals surface area contributed by atoms with Gasteiger partial charge in [0.25, 0.3) is 5.78 Å². The van der Waals surface area contributed by atoms with Crippen molar-refractivity contribution >= 4 is 29.1 Å². The number of hydrogen-bond acceptors (Lipinski definition) is 7. The van der Waals surface area contributed by atoms with Gasteiger partial charge in [-0.2, -0.15) is 4.24 Å². The predicted molar refractivity (Wildman–Crippen MR) is 146 cm³/mol. The van der Waals surface area contributed by atoms with Crippen LogP contribution in [-0.4, -0.2) is 35.8 Å². The molecule has 0 bridgehead atoms. The molecule has 2 aromatic carbocycles. The van der Waals surface area contributed by atoms with E-state index in [9.17, 15) is 19.5 Å². The summed E-state index contributed by atoms with van der Waals surface area (Å²) in [7, 11) is 0. The summed E-state index contributed by atoms with van der Waals surface area (Å²) >= 11 is 0. The topological polar surface area (TPSA) is 102 Å². The second-order valence-corrected chi connectivity index (χ2v) is 8.52. The number of allylic oxidation sites excluding steroid dienone is 2. The van der Waals surface area contributed by atoms with Crippen LogP contribution in [0.5, 0.6) is 0 Å². The van der Waals surface area contributed by atoms with Gasteiger partial charge in [0.05, 0.1) is 13.2 Å². The number of hydrogen-bond donors (Lipinski definition) is 0. The lowest BCUT2D eigenvalue weighted by Crippen LogP contribution is -2.34. The van der Waals surface area contributed by atoms with Crippen molar-refractivity contribution in [2.45, 2.75) is 13.8 Å². The highest BCUT2D eigenvalue weighted by molar-refractivity contribution is 6.17. The molecule has 1 aromatic heterocycles. The van der Waals surface area contributed by atoms with Gasteiger partial charge in [-0.15, -0.1) is 0 Å². The van der Waals surface area contributed by atoms with E-state index in [2.05, 4.69) is 0 Å². The molecule has 8 heteroatoms. The molecule has 8 nitrogen and oxygen atoms in total. The third-order valence-electron chi connectivity index (χ3n) is 5.95. The van der Waals surface area contributed by atoms with E-state index in [0.29, 0.717) is 11.1 Å². The van der Waals surface area contributed by atoms with Gasteiger partial charge >= 0.3 is 17.7 Å². The van der Waals surface area contributed by atoms with Crippen LogP contribution in [0.1, 0.15) is 29.8 Å². The van der Waals surface area contributed by atoms with Crippen LogP contribution in [0.25, 0.3) is 11.3 Å². The fourth-order valence-corrected chi connectivity index (χ4v) is 4.02. The van der Waals surface area contributed by atoms with Crippen LogP contribution in [-0.2, 0) is 19.1 Å². The molecule has 1 aliphatic heterocycles. The first-order valence-electron chi connectivity index (χ1n) is 12.8. The molecular weight excluding hydrogens is 508 g/mol. The van der Waals surface area contributed by atoms with E-state index < -0.39 is 23.5 Å². The van der Waals surface area contributed by atoms with E-state index in [1.165, 1.54) is 9.14 Å². The zero-order valence-corrected chi connectivity index (χ0v) is 22.2. The highest BCUT2D eigenvalue weighted by Gasteiger charge is 2.30. The number of pyridine rings is 1. The van der Waals surface area contributed by atoms with Gasteiger partial charge in [-0.1, -0.05) is 66.4 Å². The smallest absolute Gasteiger partial charge is 0.408 e. The summed E-state index contributed by atoms with van der Waals surface area (Å²) in [6.45, 7) is 3.61. The van der Waals surface area contributed by atoms with Gasteiger partial charge in [-0.05, 0) is 42.4 Å². The molecule has 0 radical (unpaired) electrons. The Hall–Kier alpha value is -5.24. The van der Waals surface area contributed by atoms with Crippen molar-refractivity contribution in [2.24, 2.45) is 0 Å². The third kappa shape index (κ3) is 6.24. The Morgan fingerprint density at radius 2 is 1.27 bits per heavy atom. The Labute approximate surface area is 231 Å². The first-order valence-corrected chi connectivity index (χ1v) is 12.8. The van der Waals surface area contributed by atoms with E-state index in [-0.39, 0.29) is 24.6 Å². The normalized spacial score (nSPS) is 12.9. The Kier molecular flexibility index (Phi) is 9.04. The molecule has 40 heavy (non-hydrogen) atoms. The maximum absolute atomic E-state index is 13.1. The zero-order valence-electron chi connectivity index (χ0n) is 22.2. The molecule has 2 heterocycles. The van der Waals surface area contributed by atoms with Gasteiger partial charge in [0.2, 0.25) is 0 Å². The molecule has 0 saturated heterocycles. The van der Waals surface area contributed by atoms with E-state index in [1.807, 2.05) is 0 Å². The molecule has 0 spiro atoms. The maximum Gasteiger partial charge on any atom is 0.408 e. The van der Waals surface area contributed by atoms with E-state index in [0.717, 1.165) is 10.8 Å². The molecule has 0 aliphatic carbocycles. The first kappa shape index (κ1) is 27.8. The number of ketones is 1. The molecule has 0 amide bonds. The summed E-state index contributed by atoms with van der Waals surface area (Å²) in [5.74, 6) is -2.36. The van der Waals surface area contributed by atoms with Gasteiger partial charge in [0, 0.05) is 30.1 Å². The molecule has 4 rings (SSSR count). The van der Waals surface area contributed by atoms with Crippen molar-refractivity contribution in [2.75, 3.05) is 13.2 Å². The number of carbonyl (C=O) groups is 3. The number of esters is 2. The van der Waals surface area contributed by atoms with Crippen molar-refractivity contribution in [1.29, 1.82) is 0 Å². The molecule has 0 atom stereocenters. The molecular formula is C32H28N2O6. The Balaban J connectivity index is 1.71. The molecule has 0 N–H and O–H groups in total. The molecule has 0 unspecified atom stereocenters. The van der Waals surface area contributed by atoms with Crippen LogP contribution < -0.4 is 14.6 Å². The van der Waals surface area contributed by atoms with Gasteiger partial charge in [-0.25, -0.2) is 9.59 Å². The summed E-state index contributed by atoms with van der Waals surface area (Å²) in [6.07, 6.45) is 9.94. The maximum atomic E-state index is 13.1. The fourth-order valence-electron chi connectivity index (χ4n) is 4.02. The van der Waals surface area contributed by atoms with Gasteiger partial charge in [0.1, 0.15) is 5.70 Å². The first-order chi connectivity index (χ1) is 19.4. The SMILES string of the molecule is CCOC(=O)C(C(=O)c1ccccc1)=[n+]1ccc(=C2C=CN(/C(C(=O)OCC)=C(\[O-])c3ccccc3)C=C2)cc1. The third-order valence-corrected chi connectivity index (χ3v) is 5.95. The number of nitrogens with zero attached hydrogens (tertiary/aromatic N) is 2. The predicted octanol–water partition coefficient (Wildman–Crippen LogP) is 2.59. The summed E-state index contributed by atoms with van der Waals surface area (Å²) in [4.78, 5) is 40.0. The van der Waals surface area contributed by atoms with Crippen molar-refractivity contribution in [3.8, 4) is 0 Å². The van der Waals surface area contributed by atoms with Crippen LogP contribution in [0.3, 0.4) is 0 Å². The van der Waals surface area contributed by atoms with Crippen LogP contribution in [0.2, 0.25) is 0 Å². The second-order valence-electron chi connectivity index (χ2n) is 8.52. The standard InChI is InChI=1S/C32H28N2O6/c1-3-39-31(37)27(29(35)25-11-7-5-8-12-25)33-19-15-23(16-20-33)24-17-21-34(22-18-24)28(32(38)40-4-2)30(36)26-13-9-6-10-14-26/h5-22H,3-4H2,1-2H3. The highest BCUT2D eigenvalue weighted by Crippen LogP contribution is 2.22. The van der Waals surface area contributed by atoms with Crippen molar-refractivity contribution in [1.82, 2.24) is 4.90 Å². The summed E-state index contributed by atoms with van der Waals surface area (Å²) in [6, 6.07) is 20.5. The minimum absolute atomic E-state index is 0.126. The van der Waals surface area contributed by atoms with Gasteiger partial charge in [0.15, 0.2) is 12.4 Å². The Bertz CT molecular complexity index is 1580. The number of Topliss-reactive ketones (excluding diaryl/α,β-unsaturated/α-hetero) is 1. The minimum Gasteiger partial charge on any atom is -0.870 e. The summed E-state index contributed by atoms with van der Waals surface area (Å²) in [5, 5.41) is 13.9. The van der Waals surface area contributed by atoms with Crippen molar-refractivity contribution in [3.63, 3.8) is 0 Å². The van der Waals surface area contributed by atoms with E-state index >= 15 is 0 Å². The van der Waals surface area contributed by atoms with Gasteiger partial charge < -0.3 is 19.5 Å². The lowest BCUT2D eigenvalue weighted by atomic mass is 10.1. The second kappa shape index (κ2) is 13.0. The number of rotatable bonds is 8. The van der Waals surface area contributed by atoms with Crippen LogP contribution in [0.4, 0.5) is 0 Å². The molecule has 3 aromatic rings. The number of carbonyl (C=O) groups excluding carboxylic acids is 3. The van der Waals surface area contributed by atoms with Crippen molar-refractivity contribution < 1.29 is 33.2 Å². The largest absolute Gasteiger partial charge is 0.870 e. The minimum atomic E-state index is -0.722. The number of ether oxygens (including phenoxy) is 2. The lowest BCUT2D eigenvalue weighted by Gasteiger charge is -2.27. The molecule has 1 aliphatic rings.